The number of hydrogen-bond donors (Lipinski definition) is 0. The summed E-state index contributed by atoms with van der Waals surface area (Å²) in [6.07, 6.45) is 0. The summed E-state index contributed by atoms with van der Waals surface area (Å²) in [6.45, 7) is 2.11. The van der Waals surface area contributed by atoms with Gasteiger partial charge in [-0.3, -0.25) is 9.80 Å². The van der Waals surface area contributed by atoms with E-state index in [9.17, 15) is 4.79 Å². The maximum absolute atomic E-state index is 13.5. The summed E-state index contributed by atoms with van der Waals surface area (Å²) in [5, 5.41) is 0. The first kappa shape index (κ1) is 18.3. The molecule has 1 aliphatic rings. The van der Waals surface area contributed by atoms with Crippen molar-refractivity contribution in [3.05, 3.63) is 93.4 Å². The van der Waals surface area contributed by atoms with Gasteiger partial charge in [0.15, 0.2) is 0 Å². The van der Waals surface area contributed by atoms with Crippen molar-refractivity contribution < 1.29 is 4.79 Å². The summed E-state index contributed by atoms with van der Waals surface area (Å²) in [5.41, 5.74) is 2.92. The summed E-state index contributed by atoms with van der Waals surface area (Å²) in [4.78, 5) is 17.3. The number of carbonyl (C=O) groups is 1. The van der Waals surface area contributed by atoms with Gasteiger partial charge in [-0.2, -0.15) is 0 Å². The minimum Gasteiger partial charge on any atom is -0.289 e. The van der Waals surface area contributed by atoms with Crippen molar-refractivity contribution >= 4 is 49.3 Å². The van der Waals surface area contributed by atoms with Gasteiger partial charge in [-0.15, -0.1) is 0 Å². The number of urea groups is 1. The Labute approximate surface area is 175 Å². The van der Waals surface area contributed by atoms with Crippen molar-refractivity contribution in [1.29, 1.82) is 0 Å². The summed E-state index contributed by atoms with van der Waals surface area (Å²) in [5.74, 6) is 0. The van der Waals surface area contributed by atoms with Crippen LogP contribution < -0.4 is 9.80 Å². The van der Waals surface area contributed by atoms with Gasteiger partial charge in [0, 0.05) is 20.3 Å². The van der Waals surface area contributed by atoms with Crippen LogP contribution in [0.5, 0.6) is 0 Å². The lowest BCUT2D eigenvalue weighted by Gasteiger charge is -2.26. The molecule has 3 nitrogen and oxygen atoms in total. The average Bonchev–Trinajstić information content (AvgIpc) is 2.94. The first-order chi connectivity index (χ1) is 13.1. The zero-order chi connectivity index (χ0) is 19.0. The molecule has 136 valence electrons. The predicted molar refractivity (Wildman–Crippen MR) is 117 cm³/mol. The van der Waals surface area contributed by atoms with Gasteiger partial charge >= 0.3 is 6.03 Å². The van der Waals surface area contributed by atoms with E-state index in [0.29, 0.717) is 0 Å². The number of halogens is 2. The van der Waals surface area contributed by atoms with Crippen molar-refractivity contribution in [3.8, 4) is 0 Å². The predicted octanol–water partition coefficient (Wildman–Crippen LogP) is 6.79. The van der Waals surface area contributed by atoms with E-state index in [1.807, 2.05) is 76.5 Å². The smallest absolute Gasteiger partial charge is 0.289 e. The molecule has 0 saturated carbocycles. The zero-order valence-corrected chi connectivity index (χ0v) is 17.9. The molecule has 0 aliphatic carbocycles. The Hall–Kier alpha value is -2.11. The molecule has 4 rings (SSSR count). The molecule has 2 amide bonds. The molecular weight excluding hydrogens is 468 g/mol. The molecule has 1 saturated heterocycles. The van der Waals surface area contributed by atoms with Crippen LogP contribution in [0, 0.1) is 0 Å². The quantitative estimate of drug-likeness (QED) is 0.400. The first-order valence-electron chi connectivity index (χ1n) is 8.75. The van der Waals surface area contributed by atoms with Crippen molar-refractivity contribution in [3.63, 3.8) is 0 Å². The summed E-state index contributed by atoms with van der Waals surface area (Å²) in [7, 11) is 0. The SMILES string of the molecule is C[C@@H]1[C@@H](c2ccccc2)N(c2ccc(Br)cc2)C(=O)N1c1ccc(Br)cc1. The number of anilines is 2. The van der Waals surface area contributed by atoms with Crippen LogP contribution in [-0.2, 0) is 0 Å². The van der Waals surface area contributed by atoms with Gasteiger partial charge in [-0.05, 0) is 61.0 Å². The van der Waals surface area contributed by atoms with Crippen LogP contribution in [0.4, 0.5) is 16.2 Å². The highest BCUT2D eigenvalue weighted by Gasteiger charge is 2.45. The molecule has 5 heteroatoms. The van der Waals surface area contributed by atoms with Crippen molar-refractivity contribution in [1.82, 2.24) is 0 Å². The highest BCUT2D eigenvalue weighted by molar-refractivity contribution is 9.10. The lowest BCUT2D eigenvalue weighted by atomic mass is 9.99. The number of rotatable bonds is 3. The summed E-state index contributed by atoms with van der Waals surface area (Å²) < 4.78 is 1.99. The van der Waals surface area contributed by atoms with E-state index >= 15 is 0 Å². The topological polar surface area (TPSA) is 23.6 Å². The minimum atomic E-state index is -0.0662. The van der Waals surface area contributed by atoms with Crippen molar-refractivity contribution in [2.24, 2.45) is 0 Å². The van der Waals surface area contributed by atoms with E-state index in [1.54, 1.807) is 0 Å². The largest absolute Gasteiger partial charge is 0.329 e. The second-order valence-corrected chi connectivity index (χ2v) is 8.40. The van der Waals surface area contributed by atoms with Crippen LogP contribution in [0.3, 0.4) is 0 Å². The summed E-state index contributed by atoms with van der Waals surface area (Å²) >= 11 is 6.95. The van der Waals surface area contributed by atoms with Crippen molar-refractivity contribution in [2.45, 2.75) is 19.0 Å². The van der Waals surface area contributed by atoms with E-state index in [2.05, 4.69) is 50.9 Å². The van der Waals surface area contributed by atoms with E-state index in [4.69, 9.17) is 0 Å². The molecular formula is C22H18Br2N2O. The van der Waals surface area contributed by atoms with Crippen LogP contribution >= 0.6 is 31.9 Å². The maximum atomic E-state index is 13.5. The van der Waals surface area contributed by atoms with Crippen LogP contribution in [0.25, 0.3) is 0 Å². The van der Waals surface area contributed by atoms with Gasteiger partial charge in [-0.1, -0.05) is 62.2 Å². The number of benzene rings is 3. The van der Waals surface area contributed by atoms with Crippen molar-refractivity contribution in [2.75, 3.05) is 9.80 Å². The first-order valence-corrected chi connectivity index (χ1v) is 10.3. The maximum Gasteiger partial charge on any atom is 0.329 e. The molecule has 1 aliphatic heterocycles. The van der Waals surface area contributed by atoms with Crippen LogP contribution in [0.15, 0.2) is 87.8 Å². The minimum absolute atomic E-state index is 0.00952. The number of nitrogens with zero attached hydrogens (tertiary/aromatic N) is 2. The molecule has 2 atom stereocenters. The Kier molecular flexibility index (Phi) is 5.06. The average molecular weight is 486 g/mol. The van der Waals surface area contributed by atoms with Crippen LogP contribution in [0.2, 0.25) is 0 Å². The molecule has 0 aromatic heterocycles. The second-order valence-electron chi connectivity index (χ2n) is 6.57. The van der Waals surface area contributed by atoms with Gasteiger partial charge in [0.25, 0.3) is 0 Å². The van der Waals surface area contributed by atoms with E-state index in [0.717, 1.165) is 25.9 Å². The van der Waals surface area contributed by atoms with Crippen LogP contribution in [0.1, 0.15) is 18.5 Å². The fraction of sp³-hybridized carbons (Fsp3) is 0.136. The van der Waals surface area contributed by atoms with Gasteiger partial charge in [-0.25, -0.2) is 4.79 Å². The van der Waals surface area contributed by atoms with Gasteiger partial charge in [0.05, 0.1) is 12.1 Å². The molecule has 0 N–H and O–H groups in total. The molecule has 0 radical (unpaired) electrons. The molecule has 3 aromatic carbocycles. The standard InChI is InChI=1S/C22H18Br2N2O/c1-15-21(16-5-3-2-4-6-16)26(20-13-9-18(24)10-14-20)22(27)25(15)19-11-7-17(23)8-12-19/h2-15,21H,1H3/t15-,21+/m1/s1. The highest BCUT2D eigenvalue weighted by atomic mass is 79.9. The number of carbonyl (C=O) groups excluding carboxylic acids is 1. The molecule has 3 aromatic rings. The Bertz CT molecular complexity index is 942. The third-order valence-electron chi connectivity index (χ3n) is 4.91. The summed E-state index contributed by atoms with van der Waals surface area (Å²) in [6, 6.07) is 25.9. The third kappa shape index (κ3) is 3.42. The zero-order valence-electron chi connectivity index (χ0n) is 14.7. The van der Waals surface area contributed by atoms with E-state index < -0.39 is 0 Å². The normalized spacial score (nSPS) is 19.6. The fourth-order valence-corrected chi connectivity index (χ4v) is 4.19. The van der Waals surface area contributed by atoms with E-state index in [-0.39, 0.29) is 18.1 Å². The second kappa shape index (κ2) is 7.49. The van der Waals surface area contributed by atoms with Gasteiger partial charge in [0.2, 0.25) is 0 Å². The Morgan fingerprint density at radius 3 is 1.70 bits per heavy atom. The molecule has 0 bridgehead atoms. The lowest BCUT2D eigenvalue weighted by Crippen LogP contribution is -2.33. The molecule has 1 fully saturated rings. The Morgan fingerprint density at radius 2 is 1.19 bits per heavy atom. The molecule has 0 unspecified atom stereocenters. The lowest BCUT2D eigenvalue weighted by molar-refractivity contribution is 0.255. The third-order valence-corrected chi connectivity index (χ3v) is 5.96. The molecule has 0 spiro atoms. The molecule has 1 heterocycles. The van der Waals surface area contributed by atoms with Gasteiger partial charge < -0.3 is 0 Å². The van der Waals surface area contributed by atoms with E-state index in [1.165, 1.54) is 0 Å². The highest BCUT2D eigenvalue weighted by Crippen LogP contribution is 2.41. The van der Waals surface area contributed by atoms with Gasteiger partial charge in [0.1, 0.15) is 0 Å². The Morgan fingerprint density at radius 1 is 0.704 bits per heavy atom. The fourth-order valence-electron chi connectivity index (χ4n) is 3.66. The number of amides is 2. The molecule has 27 heavy (non-hydrogen) atoms. The Balaban J connectivity index is 1.82. The number of hydrogen-bond acceptors (Lipinski definition) is 1. The van der Waals surface area contributed by atoms with Crippen LogP contribution in [-0.4, -0.2) is 12.1 Å². The monoisotopic (exact) mass is 484 g/mol.